The topological polar surface area (TPSA) is 40.7 Å². The van der Waals surface area contributed by atoms with Gasteiger partial charge in [-0.05, 0) is 60.5 Å². The molecule has 0 aliphatic carbocycles. The smallest absolute Gasteiger partial charge is 0.361 e. The van der Waals surface area contributed by atoms with E-state index in [-0.39, 0.29) is 17.0 Å². The molecule has 2 aromatic carbocycles. The summed E-state index contributed by atoms with van der Waals surface area (Å²) in [6, 6.07) is 13.3. The largest absolute Gasteiger partial charge is 0.416 e. The number of nitrogens with one attached hydrogen (secondary N) is 2. The monoisotopic (exact) mass is 463 g/mol. The van der Waals surface area contributed by atoms with E-state index in [0.29, 0.717) is 0 Å². The molecule has 0 fully saturated rings. The van der Waals surface area contributed by atoms with Crippen LogP contribution in [0.1, 0.15) is 22.3 Å². The van der Waals surface area contributed by atoms with E-state index < -0.39 is 11.7 Å². The van der Waals surface area contributed by atoms with Crippen molar-refractivity contribution in [3.63, 3.8) is 0 Å². The number of thiol groups is 1. The number of alkyl halides is 3. The number of aromatic amines is 1. The van der Waals surface area contributed by atoms with Crippen LogP contribution in [0.4, 0.5) is 13.2 Å². The molecule has 8 heteroatoms. The van der Waals surface area contributed by atoms with Gasteiger partial charge >= 0.3 is 6.18 Å². The highest BCUT2D eigenvalue weighted by Crippen LogP contribution is 2.35. The van der Waals surface area contributed by atoms with Gasteiger partial charge < -0.3 is 10.3 Å². The van der Waals surface area contributed by atoms with E-state index >= 15 is 0 Å². The Morgan fingerprint density at radius 3 is 2.52 bits per heavy atom. The molecule has 162 valence electrons. The van der Waals surface area contributed by atoms with Crippen LogP contribution < -0.4 is 5.32 Å². The van der Waals surface area contributed by atoms with Crippen LogP contribution in [0.2, 0.25) is 5.02 Å². The summed E-state index contributed by atoms with van der Waals surface area (Å²) in [4.78, 5) is 7.88. The maximum Gasteiger partial charge on any atom is 0.416 e. The van der Waals surface area contributed by atoms with Gasteiger partial charge in [-0.2, -0.15) is 13.2 Å². The third kappa shape index (κ3) is 6.26. The standard InChI is InChI=1S/C18H16ClF3N2.C5H5NS/c1-23-9-13-10-24-17-7-11(2-5-15(13)17)6-12-3-4-14(19)8-16(12)18(20,21)22;7-5-2-1-3-6-4-5/h2-5,7-8,10,23-24H,6,9H2,1H3;1-4,7H. The molecule has 4 rings (SSSR count). The lowest BCUT2D eigenvalue weighted by Gasteiger charge is -2.13. The third-order valence-electron chi connectivity index (χ3n) is 4.62. The summed E-state index contributed by atoms with van der Waals surface area (Å²) in [5.41, 5.74) is 2.39. The lowest BCUT2D eigenvalue weighted by molar-refractivity contribution is -0.138. The zero-order valence-corrected chi connectivity index (χ0v) is 18.3. The normalized spacial score (nSPS) is 11.3. The fourth-order valence-corrected chi connectivity index (χ4v) is 3.55. The minimum Gasteiger partial charge on any atom is -0.361 e. The number of hydrogen-bond acceptors (Lipinski definition) is 3. The van der Waals surface area contributed by atoms with Gasteiger partial charge in [0.05, 0.1) is 5.56 Å². The fourth-order valence-electron chi connectivity index (χ4n) is 3.22. The molecule has 0 spiro atoms. The van der Waals surface area contributed by atoms with Crippen molar-refractivity contribution in [2.75, 3.05) is 7.05 Å². The molecular weight excluding hydrogens is 443 g/mol. The average Bonchev–Trinajstić information content (AvgIpc) is 3.12. The van der Waals surface area contributed by atoms with Crippen LogP contribution in [0.5, 0.6) is 0 Å². The van der Waals surface area contributed by atoms with Crippen LogP contribution in [0.15, 0.2) is 72.0 Å². The molecule has 4 aromatic rings. The molecule has 0 bridgehead atoms. The summed E-state index contributed by atoms with van der Waals surface area (Å²) >= 11 is 9.75. The maximum atomic E-state index is 13.2. The number of hydrogen-bond donors (Lipinski definition) is 3. The molecule has 0 saturated heterocycles. The SMILES string of the molecule is CNCc1c[nH]c2cc(Cc3ccc(Cl)cc3C(F)(F)F)ccc12.Sc1cccnc1. The lowest BCUT2D eigenvalue weighted by Crippen LogP contribution is -2.09. The number of aromatic nitrogens is 2. The van der Waals surface area contributed by atoms with Gasteiger partial charge in [0.1, 0.15) is 0 Å². The summed E-state index contributed by atoms with van der Waals surface area (Å²) in [6.45, 7) is 0.731. The Morgan fingerprint density at radius 2 is 1.90 bits per heavy atom. The number of halogens is 4. The van der Waals surface area contributed by atoms with Crippen LogP contribution >= 0.6 is 24.2 Å². The second-order valence-electron chi connectivity index (χ2n) is 6.91. The molecule has 0 saturated carbocycles. The van der Waals surface area contributed by atoms with E-state index in [9.17, 15) is 13.2 Å². The Hall–Kier alpha value is -2.48. The van der Waals surface area contributed by atoms with Gasteiger partial charge in [-0.1, -0.05) is 29.8 Å². The number of benzene rings is 2. The molecule has 0 atom stereocenters. The number of fused-ring (bicyclic) bond motifs is 1. The van der Waals surface area contributed by atoms with E-state index in [1.54, 1.807) is 12.4 Å². The van der Waals surface area contributed by atoms with Crippen molar-refractivity contribution in [1.29, 1.82) is 0 Å². The highest BCUT2D eigenvalue weighted by Gasteiger charge is 2.33. The van der Waals surface area contributed by atoms with E-state index in [4.69, 9.17) is 11.6 Å². The molecule has 0 amide bonds. The minimum atomic E-state index is -4.42. The second-order valence-corrected chi connectivity index (χ2v) is 7.86. The first-order valence-corrected chi connectivity index (χ1v) is 10.3. The maximum absolute atomic E-state index is 13.2. The lowest BCUT2D eigenvalue weighted by atomic mass is 9.98. The van der Waals surface area contributed by atoms with Crippen molar-refractivity contribution in [1.82, 2.24) is 15.3 Å². The van der Waals surface area contributed by atoms with E-state index in [1.165, 1.54) is 12.1 Å². The van der Waals surface area contributed by atoms with Gasteiger partial charge in [-0.25, -0.2) is 0 Å². The predicted octanol–water partition coefficient (Wildman–Crippen LogP) is 6.52. The first-order chi connectivity index (χ1) is 14.8. The number of pyridine rings is 1. The Bertz CT molecular complexity index is 1140. The Kier molecular flexibility index (Phi) is 7.64. The zero-order chi connectivity index (χ0) is 22.4. The third-order valence-corrected chi connectivity index (χ3v) is 5.12. The van der Waals surface area contributed by atoms with E-state index in [2.05, 4.69) is 27.9 Å². The van der Waals surface area contributed by atoms with E-state index in [0.717, 1.165) is 39.5 Å². The van der Waals surface area contributed by atoms with Crippen LogP contribution in [-0.2, 0) is 19.1 Å². The van der Waals surface area contributed by atoms with Gasteiger partial charge in [0.25, 0.3) is 0 Å². The van der Waals surface area contributed by atoms with Gasteiger partial charge in [0.2, 0.25) is 0 Å². The minimum absolute atomic E-state index is 0.0857. The van der Waals surface area contributed by atoms with Gasteiger partial charge in [-0.15, -0.1) is 12.6 Å². The molecular formula is C23H21ClF3N3S. The summed E-state index contributed by atoms with van der Waals surface area (Å²) in [7, 11) is 1.87. The fraction of sp³-hybridized carbons (Fsp3) is 0.174. The van der Waals surface area contributed by atoms with Crippen molar-refractivity contribution < 1.29 is 13.2 Å². The zero-order valence-electron chi connectivity index (χ0n) is 16.7. The molecule has 0 unspecified atom stereocenters. The predicted molar refractivity (Wildman–Crippen MR) is 122 cm³/mol. The molecule has 0 aliphatic heterocycles. The number of rotatable bonds is 4. The molecule has 2 heterocycles. The van der Waals surface area contributed by atoms with Gasteiger partial charge in [0, 0.05) is 46.0 Å². The van der Waals surface area contributed by atoms with Crippen LogP contribution in [0.25, 0.3) is 10.9 Å². The first kappa shape index (κ1) is 23.2. The summed E-state index contributed by atoms with van der Waals surface area (Å²) in [5, 5.41) is 4.24. The molecule has 2 N–H and O–H groups in total. The Balaban J connectivity index is 0.000000330. The van der Waals surface area contributed by atoms with Crippen molar-refractivity contribution in [3.05, 3.63) is 94.4 Å². The Morgan fingerprint density at radius 1 is 1.10 bits per heavy atom. The number of nitrogens with zero attached hydrogens (tertiary/aromatic N) is 1. The van der Waals surface area contributed by atoms with Crippen molar-refractivity contribution in [3.8, 4) is 0 Å². The first-order valence-electron chi connectivity index (χ1n) is 9.46. The average molecular weight is 464 g/mol. The van der Waals surface area contributed by atoms with Crippen LogP contribution in [0.3, 0.4) is 0 Å². The van der Waals surface area contributed by atoms with Crippen molar-refractivity contribution in [2.24, 2.45) is 0 Å². The van der Waals surface area contributed by atoms with Gasteiger partial charge in [-0.3, -0.25) is 4.98 Å². The molecule has 0 radical (unpaired) electrons. The number of H-pyrrole nitrogens is 1. The summed E-state index contributed by atoms with van der Waals surface area (Å²) < 4.78 is 39.6. The van der Waals surface area contributed by atoms with Crippen molar-refractivity contribution in [2.45, 2.75) is 24.0 Å². The Labute approximate surface area is 189 Å². The van der Waals surface area contributed by atoms with Gasteiger partial charge in [0.15, 0.2) is 0 Å². The molecule has 0 aliphatic rings. The molecule has 3 nitrogen and oxygen atoms in total. The van der Waals surface area contributed by atoms with E-state index in [1.807, 2.05) is 43.6 Å². The highest BCUT2D eigenvalue weighted by molar-refractivity contribution is 7.80. The van der Waals surface area contributed by atoms with Crippen LogP contribution in [-0.4, -0.2) is 17.0 Å². The molecule has 2 aromatic heterocycles. The second kappa shape index (κ2) is 10.2. The quantitative estimate of drug-likeness (QED) is 0.301. The highest BCUT2D eigenvalue weighted by atomic mass is 35.5. The molecule has 31 heavy (non-hydrogen) atoms. The summed E-state index contributed by atoms with van der Waals surface area (Å²) in [5.74, 6) is 0. The summed E-state index contributed by atoms with van der Waals surface area (Å²) in [6.07, 6.45) is 1.11. The van der Waals surface area contributed by atoms with Crippen molar-refractivity contribution >= 4 is 35.1 Å². The van der Waals surface area contributed by atoms with Crippen LogP contribution in [0, 0.1) is 0 Å².